The number of urea groups is 1. The molecule has 0 bridgehead atoms. The number of carbonyl (C=O) groups excluding carboxylic acids is 2. The number of nitrogens with zero attached hydrogens (tertiary/aromatic N) is 2. The highest BCUT2D eigenvalue weighted by Gasteiger charge is 2.23. The molecule has 0 atom stereocenters. The number of hydrogen-bond acceptors (Lipinski definition) is 3. The number of hydrogen-bond donors (Lipinski definition) is 2. The zero-order valence-electron chi connectivity index (χ0n) is 21.4. The molecular weight excluding hydrogens is 542 g/mol. The number of aromatic nitrogens is 1. The molecule has 7 nitrogen and oxygen atoms in total. The van der Waals surface area contributed by atoms with Crippen LogP contribution in [0.5, 0.6) is 0 Å². The first-order valence-corrected chi connectivity index (χ1v) is 13.2. The Kier molecular flexibility index (Phi) is 9.81. The Morgan fingerprint density at radius 3 is 2.51 bits per heavy atom. The SMILES string of the molecule is COCCN(CC(=O)N(CCc1c[nH]c2ccccc12)Cc1ccc(F)cc1)C(=O)Nc1ccc(Cl)cc1Cl. The van der Waals surface area contributed by atoms with Gasteiger partial charge in [0.05, 0.1) is 17.3 Å². The third kappa shape index (κ3) is 7.72. The van der Waals surface area contributed by atoms with Crippen molar-refractivity contribution in [2.24, 2.45) is 0 Å². The van der Waals surface area contributed by atoms with E-state index in [2.05, 4.69) is 10.3 Å². The second-order valence-corrected chi connectivity index (χ2v) is 9.86. The van der Waals surface area contributed by atoms with E-state index in [1.807, 2.05) is 30.5 Å². The average Bonchev–Trinajstić information content (AvgIpc) is 3.34. The molecule has 0 aliphatic heterocycles. The van der Waals surface area contributed by atoms with E-state index in [4.69, 9.17) is 27.9 Å². The fourth-order valence-corrected chi connectivity index (χ4v) is 4.65. The summed E-state index contributed by atoms with van der Waals surface area (Å²) >= 11 is 12.2. The first-order chi connectivity index (χ1) is 18.8. The van der Waals surface area contributed by atoms with Crippen LogP contribution >= 0.6 is 23.2 Å². The smallest absolute Gasteiger partial charge is 0.322 e. The fraction of sp³-hybridized carbons (Fsp3) is 0.241. The predicted octanol–water partition coefficient (Wildman–Crippen LogP) is 6.37. The van der Waals surface area contributed by atoms with Gasteiger partial charge in [-0.1, -0.05) is 53.5 Å². The summed E-state index contributed by atoms with van der Waals surface area (Å²) in [4.78, 5) is 33.1. The number of carbonyl (C=O) groups is 2. The third-order valence-electron chi connectivity index (χ3n) is 6.32. The van der Waals surface area contributed by atoms with Crippen LogP contribution in [0.2, 0.25) is 10.0 Å². The molecule has 0 saturated carbocycles. The van der Waals surface area contributed by atoms with Crippen molar-refractivity contribution in [1.82, 2.24) is 14.8 Å². The van der Waals surface area contributed by atoms with Crippen molar-refractivity contribution in [1.29, 1.82) is 0 Å². The molecule has 4 aromatic rings. The largest absolute Gasteiger partial charge is 0.383 e. The van der Waals surface area contributed by atoms with E-state index >= 15 is 0 Å². The van der Waals surface area contributed by atoms with Crippen LogP contribution in [0.3, 0.4) is 0 Å². The van der Waals surface area contributed by atoms with Crippen molar-refractivity contribution in [2.45, 2.75) is 13.0 Å². The number of anilines is 1. The molecule has 0 saturated heterocycles. The van der Waals surface area contributed by atoms with Crippen LogP contribution in [0.4, 0.5) is 14.9 Å². The average molecular weight is 571 g/mol. The van der Waals surface area contributed by atoms with Gasteiger partial charge in [0, 0.05) is 48.9 Å². The maximum absolute atomic E-state index is 13.6. The molecule has 204 valence electrons. The topological polar surface area (TPSA) is 77.7 Å². The quantitative estimate of drug-likeness (QED) is 0.220. The van der Waals surface area contributed by atoms with Gasteiger partial charge in [-0.05, 0) is 53.9 Å². The first-order valence-electron chi connectivity index (χ1n) is 12.4. The van der Waals surface area contributed by atoms with Crippen molar-refractivity contribution in [3.05, 3.63) is 99.9 Å². The normalized spacial score (nSPS) is 11.0. The summed E-state index contributed by atoms with van der Waals surface area (Å²) in [6, 6.07) is 18.2. The Morgan fingerprint density at radius 1 is 1.00 bits per heavy atom. The minimum Gasteiger partial charge on any atom is -0.383 e. The standard InChI is InChI=1S/C29H29Cl2FN4O3/c1-39-15-14-36(29(38)34-27-11-8-22(30)16-25(27)31)19-28(37)35(18-20-6-9-23(32)10-7-20)13-12-21-17-33-26-5-3-2-4-24(21)26/h2-11,16-17,33H,12-15,18-19H2,1H3,(H,34,38). The van der Waals surface area contributed by atoms with Gasteiger partial charge < -0.3 is 24.8 Å². The zero-order chi connectivity index (χ0) is 27.8. The van der Waals surface area contributed by atoms with Crippen molar-refractivity contribution in [2.75, 3.05) is 38.7 Å². The molecule has 0 aliphatic rings. The third-order valence-corrected chi connectivity index (χ3v) is 6.86. The summed E-state index contributed by atoms with van der Waals surface area (Å²) in [6.07, 6.45) is 2.54. The molecule has 0 spiro atoms. The lowest BCUT2D eigenvalue weighted by molar-refractivity contribution is -0.132. The summed E-state index contributed by atoms with van der Waals surface area (Å²) in [5.74, 6) is -0.605. The predicted molar refractivity (Wildman–Crippen MR) is 153 cm³/mol. The van der Waals surface area contributed by atoms with Crippen molar-refractivity contribution in [3.8, 4) is 0 Å². The van der Waals surface area contributed by atoms with E-state index < -0.39 is 6.03 Å². The monoisotopic (exact) mass is 570 g/mol. The lowest BCUT2D eigenvalue weighted by Crippen LogP contribution is -2.46. The molecule has 1 heterocycles. The van der Waals surface area contributed by atoms with E-state index in [0.717, 1.165) is 22.0 Å². The number of methoxy groups -OCH3 is 1. The van der Waals surface area contributed by atoms with E-state index in [-0.39, 0.29) is 43.0 Å². The number of para-hydroxylation sites is 1. The highest BCUT2D eigenvalue weighted by atomic mass is 35.5. The number of H-pyrrole nitrogens is 1. The highest BCUT2D eigenvalue weighted by molar-refractivity contribution is 6.36. The molecule has 4 rings (SSSR count). The number of aromatic amines is 1. The van der Waals surface area contributed by atoms with Crippen LogP contribution in [-0.2, 0) is 22.5 Å². The van der Waals surface area contributed by atoms with E-state index in [0.29, 0.717) is 23.7 Å². The molecule has 0 radical (unpaired) electrons. The van der Waals surface area contributed by atoms with Crippen molar-refractivity contribution >= 4 is 51.7 Å². The number of fused-ring (bicyclic) bond motifs is 1. The second kappa shape index (κ2) is 13.5. The maximum atomic E-state index is 13.6. The van der Waals surface area contributed by atoms with Crippen LogP contribution < -0.4 is 5.32 Å². The summed E-state index contributed by atoms with van der Waals surface area (Å²) in [7, 11) is 1.52. The molecule has 1 aromatic heterocycles. The minimum atomic E-state index is -0.497. The maximum Gasteiger partial charge on any atom is 0.322 e. The molecule has 0 unspecified atom stereocenters. The Hall–Kier alpha value is -3.59. The lowest BCUT2D eigenvalue weighted by atomic mass is 10.1. The minimum absolute atomic E-state index is 0.185. The van der Waals surface area contributed by atoms with Crippen LogP contribution in [0.15, 0.2) is 72.9 Å². The van der Waals surface area contributed by atoms with E-state index in [1.165, 1.54) is 30.2 Å². The number of rotatable bonds is 11. The second-order valence-electron chi connectivity index (χ2n) is 9.02. The van der Waals surface area contributed by atoms with Gasteiger partial charge in [-0.2, -0.15) is 0 Å². The van der Waals surface area contributed by atoms with Crippen LogP contribution in [-0.4, -0.2) is 60.1 Å². The Morgan fingerprint density at radius 2 is 1.77 bits per heavy atom. The van der Waals surface area contributed by atoms with Crippen LogP contribution in [0.1, 0.15) is 11.1 Å². The van der Waals surface area contributed by atoms with Gasteiger partial charge in [-0.15, -0.1) is 0 Å². The molecule has 3 aromatic carbocycles. The zero-order valence-corrected chi connectivity index (χ0v) is 22.9. The fourth-order valence-electron chi connectivity index (χ4n) is 4.20. The van der Waals surface area contributed by atoms with E-state index in [1.54, 1.807) is 29.2 Å². The van der Waals surface area contributed by atoms with Gasteiger partial charge in [-0.3, -0.25) is 4.79 Å². The van der Waals surface area contributed by atoms with Crippen molar-refractivity contribution < 1.29 is 18.7 Å². The van der Waals surface area contributed by atoms with Gasteiger partial charge in [0.2, 0.25) is 5.91 Å². The molecule has 3 amide bonds. The first kappa shape index (κ1) is 28.4. The Labute approximate surface area is 236 Å². The summed E-state index contributed by atoms with van der Waals surface area (Å²) in [6.45, 7) is 0.912. The summed E-state index contributed by atoms with van der Waals surface area (Å²) in [5, 5.41) is 4.56. The molecule has 0 aliphatic carbocycles. The summed E-state index contributed by atoms with van der Waals surface area (Å²) in [5.41, 5.74) is 3.26. The highest BCUT2D eigenvalue weighted by Crippen LogP contribution is 2.25. The number of ether oxygens (including phenoxy) is 1. The Balaban J connectivity index is 1.51. The van der Waals surface area contributed by atoms with E-state index in [9.17, 15) is 14.0 Å². The number of nitrogens with one attached hydrogen (secondary N) is 2. The van der Waals surface area contributed by atoms with Crippen LogP contribution in [0.25, 0.3) is 10.9 Å². The Bertz CT molecular complexity index is 1430. The lowest BCUT2D eigenvalue weighted by Gasteiger charge is -2.28. The molecular formula is C29H29Cl2FN4O3. The summed E-state index contributed by atoms with van der Waals surface area (Å²) < 4.78 is 18.7. The molecule has 2 N–H and O–H groups in total. The number of halogens is 3. The molecule has 10 heteroatoms. The van der Waals surface area contributed by atoms with Gasteiger partial charge in [0.25, 0.3) is 0 Å². The molecule has 0 fully saturated rings. The van der Waals surface area contributed by atoms with Gasteiger partial charge in [-0.25, -0.2) is 9.18 Å². The molecule has 39 heavy (non-hydrogen) atoms. The van der Waals surface area contributed by atoms with Crippen molar-refractivity contribution in [3.63, 3.8) is 0 Å². The number of benzene rings is 3. The van der Waals surface area contributed by atoms with Gasteiger partial charge in [0.1, 0.15) is 12.4 Å². The number of amides is 3. The van der Waals surface area contributed by atoms with Gasteiger partial charge >= 0.3 is 6.03 Å². The van der Waals surface area contributed by atoms with Gasteiger partial charge in [0.15, 0.2) is 0 Å². The van der Waals surface area contributed by atoms with Crippen LogP contribution in [0, 0.1) is 5.82 Å².